The molecule has 190 valence electrons. The number of Topliss-reactive ketones (excluding diaryl/α,β-unsaturated/α-hetero) is 2. The molecular formula is C27H46O6. The predicted octanol–water partition coefficient (Wildman–Crippen LogP) is 5.62. The van der Waals surface area contributed by atoms with Gasteiger partial charge in [0, 0.05) is 18.9 Å². The van der Waals surface area contributed by atoms with Gasteiger partial charge in [0.25, 0.3) is 0 Å². The standard InChI is InChI=1S/C27H46O6/c1-8-12-21(25(29)26(4,5)22-16-18-31-27(6,7)33-22)24(19(2)13-11-14-20(3)28)32-23-15-9-10-17-30-23/h8,19,21-24H,1,9-18H2,2-7H3/t19-,21+,22-,23?,24-/m0/s1. The third-order valence-corrected chi connectivity index (χ3v) is 7.05. The Labute approximate surface area is 200 Å². The molecule has 6 heteroatoms. The SMILES string of the molecule is C=CC[C@@H](C(=O)C(C)(C)[C@@H]1CCOC(C)(C)O1)[C@@H](OC1CCCCO1)[C@@H](C)CCCC(C)=O. The van der Waals surface area contributed by atoms with Crippen LogP contribution in [0.15, 0.2) is 12.7 Å². The molecule has 0 radical (unpaired) electrons. The molecule has 2 saturated heterocycles. The third kappa shape index (κ3) is 8.27. The Bertz CT molecular complexity index is 649. The molecule has 0 amide bonds. The summed E-state index contributed by atoms with van der Waals surface area (Å²) in [6.07, 6.45) is 7.28. The van der Waals surface area contributed by atoms with Crippen LogP contribution in [0.4, 0.5) is 0 Å². The molecule has 5 atom stereocenters. The lowest BCUT2D eigenvalue weighted by Gasteiger charge is -2.45. The molecule has 2 rings (SSSR count). The molecule has 1 unspecified atom stereocenters. The largest absolute Gasteiger partial charge is 0.353 e. The summed E-state index contributed by atoms with van der Waals surface area (Å²) in [5, 5.41) is 0. The van der Waals surface area contributed by atoms with Crippen LogP contribution in [0.25, 0.3) is 0 Å². The lowest BCUT2D eigenvalue weighted by atomic mass is 9.71. The minimum atomic E-state index is -0.708. The number of allylic oxidation sites excluding steroid dienone is 1. The van der Waals surface area contributed by atoms with Gasteiger partial charge >= 0.3 is 0 Å². The molecule has 0 spiro atoms. The molecule has 2 fully saturated rings. The number of ketones is 2. The first kappa shape index (κ1) is 28.2. The molecule has 2 heterocycles. The van der Waals surface area contributed by atoms with Gasteiger partial charge in [-0.2, -0.15) is 0 Å². The van der Waals surface area contributed by atoms with E-state index < -0.39 is 11.2 Å². The van der Waals surface area contributed by atoms with Crippen molar-refractivity contribution in [3.8, 4) is 0 Å². The van der Waals surface area contributed by atoms with E-state index in [9.17, 15) is 9.59 Å². The van der Waals surface area contributed by atoms with Crippen LogP contribution < -0.4 is 0 Å². The highest BCUT2D eigenvalue weighted by Crippen LogP contribution is 2.39. The zero-order valence-corrected chi connectivity index (χ0v) is 21.7. The number of hydrogen-bond acceptors (Lipinski definition) is 6. The summed E-state index contributed by atoms with van der Waals surface area (Å²) >= 11 is 0. The zero-order chi connectivity index (χ0) is 24.6. The van der Waals surface area contributed by atoms with Gasteiger partial charge in [0.05, 0.1) is 24.2 Å². The Morgan fingerprint density at radius 1 is 1.21 bits per heavy atom. The highest BCUT2D eigenvalue weighted by molar-refractivity contribution is 5.87. The molecule has 2 aliphatic heterocycles. The number of hydrogen-bond donors (Lipinski definition) is 0. The second kappa shape index (κ2) is 12.6. The van der Waals surface area contributed by atoms with Crippen LogP contribution in [0.3, 0.4) is 0 Å². The van der Waals surface area contributed by atoms with Crippen LogP contribution in [0.1, 0.15) is 92.9 Å². The fourth-order valence-corrected chi connectivity index (χ4v) is 5.02. The summed E-state index contributed by atoms with van der Waals surface area (Å²) in [6.45, 7) is 16.7. The van der Waals surface area contributed by atoms with Crippen molar-refractivity contribution in [3.05, 3.63) is 12.7 Å². The quantitative estimate of drug-likeness (QED) is 0.328. The average Bonchev–Trinajstić information content (AvgIpc) is 2.75. The van der Waals surface area contributed by atoms with E-state index in [1.165, 1.54) is 0 Å². The molecule has 0 aromatic rings. The summed E-state index contributed by atoms with van der Waals surface area (Å²) in [6, 6.07) is 0. The van der Waals surface area contributed by atoms with E-state index in [0.717, 1.165) is 32.1 Å². The van der Waals surface area contributed by atoms with Crippen molar-refractivity contribution in [3.63, 3.8) is 0 Å². The van der Waals surface area contributed by atoms with Crippen molar-refractivity contribution < 1.29 is 28.5 Å². The second-order valence-corrected chi connectivity index (χ2v) is 10.8. The van der Waals surface area contributed by atoms with Gasteiger partial charge in [-0.25, -0.2) is 0 Å². The molecule has 0 saturated carbocycles. The van der Waals surface area contributed by atoms with E-state index in [0.29, 0.717) is 32.5 Å². The van der Waals surface area contributed by atoms with Crippen molar-refractivity contribution in [1.29, 1.82) is 0 Å². The maximum Gasteiger partial charge on any atom is 0.163 e. The van der Waals surface area contributed by atoms with Crippen LogP contribution in [-0.2, 0) is 28.5 Å². The smallest absolute Gasteiger partial charge is 0.163 e. The van der Waals surface area contributed by atoms with Crippen molar-refractivity contribution in [2.75, 3.05) is 13.2 Å². The van der Waals surface area contributed by atoms with Crippen LogP contribution in [0.2, 0.25) is 0 Å². The molecule has 0 bridgehead atoms. The van der Waals surface area contributed by atoms with E-state index >= 15 is 0 Å². The summed E-state index contributed by atoms with van der Waals surface area (Å²) in [5.41, 5.74) is -0.705. The fourth-order valence-electron chi connectivity index (χ4n) is 5.02. The first-order valence-corrected chi connectivity index (χ1v) is 12.7. The first-order chi connectivity index (χ1) is 15.5. The van der Waals surface area contributed by atoms with Crippen molar-refractivity contribution in [2.45, 2.75) is 117 Å². The molecule has 0 aromatic carbocycles. The zero-order valence-electron chi connectivity index (χ0n) is 21.7. The van der Waals surface area contributed by atoms with E-state index in [-0.39, 0.29) is 41.9 Å². The number of carbonyl (C=O) groups excluding carboxylic acids is 2. The number of ether oxygens (including phenoxy) is 4. The second-order valence-electron chi connectivity index (χ2n) is 10.8. The van der Waals surface area contributed by atoms with E-state index in [4.69, 9.17) is 18.9 Å². The lowest BCUT2D eigenvalue weighted by molar-refractivity contribution is -0.289. The third-order valence-electron chi connectivity index (χ3n) is 7.05. The number of carbonyl (C=O) groups is 2. The van der Waals surface area contributed by atoms with Gasteiger partial charge < -0.3 is 23.7 Å². The van der Waals surface area contributed by atoms with Gasteiger partial charge in [0.1, 0.15) is 11.6 Å². The summed E-state index contributed by atoms with van der Waals surface area (Å²) in [5.74, 6) is -0.643. The van der Waals surface area contributed by atoms with Gasteiger partial charge in [0.2, 0.25) is 0 Å². The Morgan fingerprint density at radius 2 is 1.94 bits per heavy atom. The van der Waals surface area contributed by atoms with Crippen molar-refractivity contribution in [2.24, 2.45) is 17.3 Å². The van der Waals surface area contributed by atoms with Gasteiger partial charge in [0.15, 0.2) is 12.1 Å². The molecule has 33 heavy (non-hydrogen) atoms. The van der Waals surface area contributed by atoms with Gasteiger partial charge in [-0.1, -0.05) is 26.8 Å². The number of rotatable bonds is 13. The Hall–Kier alpha value is -1.08. The van der Waals surface area contributed by atoms with Gasteiger partial charge in [-0.15, -0.1) is 6.58 Å². The van der Waals surface area contributed by atoms with Crippen molar-refractivity contribution >= 4 is 11.6 Å². The van der Waals surface area contributed by atoms with E-state index in [1.54, 1.807) is 6.92 Å². The maximum atomic E-state index is 14.1. The Kier molecular flexibility index (Phi) is 10.7. The Morgan fingerprint density at radius 3 is 2.52 bits per heavy atom. The highest BCUT2D eigenvalue weighted by Gasteiger charge is 2.47. The summed E-state index contributed by atoms with van der Waals surface area (Å²) in [7, 11) is 0. The van der Waals surface area contributed by atoms with E-state index in [2.05, 4.69) is 13.5 Å². The van der Waals surface area contributed by atoms with Crippen LogP contribution in [0, 0.1) is 17.3 Å². The molecule has 0 aromatic heterocycles. The molecule has 2 aliphatic rings. The average molecular weight is 467 g/mol. The highest BCUT2D eigenvalue weighted by atomic mass is 16.7. The van der Waals surface area contributed by atoms with Crippen LogP contribution in [-0.4, -0.2) is 49.1 Å². The van der Waals surface area contributed by atoms with Crippen LogP contribution >= 0.6 is 0 Å². The minimum absolute atomic E-state index is 0.103. The minimum Gasteiger partial charge on any atom is -0.353 e. The monoisotopic (exact) mass is 466 g/mol. The lowest BCUT2D eigenvalue weighted by Crippen LogP contribution is -2.52. The first-order valence-electron chi connectivity index (χ1n) is 12.7. The normalized spacial score (nSPS) is 26.2. The Balaban J connectivity index is 2.26. The summed E-state index contributed by atoms with van der Waals surface area (Å²) in [4.78, 5) is 25.6. The van der Waals surface area contributed by atoms with Crippen molar-refractivity contribution in [1.82, 2.24) is 0 Å². The fraction of sp³-hybridized carbons (Fsp3) is 0.852. The summed E-state index contributed by atoms with van der Waals surface area (Å²) < 4.78 is 24.3. The predicted molar refractivity (Wildman–Crippen MR) is 129 cm³/mol. The maximum absolute atomic E-state index is 14.1. The molecule has 0 aliphatic carbocycles. The van der Waals surface area contributed by atoms with Gasteiger partial charge in [-0.05, 0) is 71.6 Å². The molecular weight excluding hydrogens is 420 g/mol. The van der Waals surface area contributed by atoms with Crippen LogP contribution in [0.5, 0.6) is 0 Å². The topological polar surface area (TPSA) is 71.1 Å². The van der Waals surface area contributed by atoms with Gasteiger partial charge in [-0.3, -0.25) is 4.79 Å². The molecule has 6 nitrogen and oxygen atoms in total. The van der Waals surface area contributed by atoms with E-state index in [1.807, 2.05) is 33.8 Å². The molecule has 0 N–H and O–H groups in total.